The van der Waals surface area contributed by atoms with E-state index < -0.39 is 0 Å². The van der Waals surface area contributed by atoms with Gasteiger partial charge in [0.05, 0.1) is 17.7 Å². The first-order valence-corrected chi connectivity index (χ1v) is 6.65. The fraction of sp³-hybridized carbons (Fsp3) is 0.125. The van der Waals surface area contributed by atoms with Crippen molar-refractivity contribution in [1.29, 1.82) is 5.26 Å². The monoisotopic (exact) mass is 278 g/mol. The number of ether oxygens (including phenoxy) is 1. The van der Waals surface area contributed by atoms with Crippen molar-refractivity contribution in [3.8, 4) is 17.5 Å². The molecule has 2 aromatic carbocycles. The molecule has 5 nitrogen and oxygen atoms in total. The number of nitriles is 1. The van der Waals surface area contributed by atoms with Crippen molar-refractivity contribution in [3.05, 3.63) is 48.0 Å². The van der Waals surface area contributed by atoms with Crippen molar-refractivity contribution in [2.75, 3.05) is 12.3 Å². The molecule has 2 N–H and O–H groups in total. The van der Waals surface area contributed by atoms with E-state index in [0.717, 1.165) is 17.0 Å². The topological polar surface area (TPSA) is 76.9 Å². The van der Waals surface area contributed by atoms with E-state index in [1.165, 1.54) is 0 Å². The van der Waals surface area contributed by atoms with E-state index in [0.29, 0.717) is 23.6 Å². The summed E-state index contributed by atoms with van der Waals surface area (Å²) in [5.74, 6) is 1.17. The number of nitrogens with two attached hydrogens (primary N) is 1. The maximum absolute atomic E-state index is 9.15. The summed E-state index contributed by atoms with van der Waals surface area (Å²) >= 11 is 0. The fourth-order valence-corrected chi connectivity index (χ4v) is 2.34. The van der Waals surface area contributed by atoms with Gasteiger partial charge in [-0.25, -0.2) is 4.98 Å². The summed E-state index contributed by atoms with van der Waals surface area (Å²) < 4.78 is 7.26. The molecule has 5 heteroatoms. The maximum atomic E-state index is 9.15. The van der Waals surface area contributed by atoms with Crippen LogP contribution in [0.1, 0.15) is 12.5 Å². The zero-order valence-corrected chi connectivity index (χ0v) is 11.6. The van der Waals surface area contributed by atoms with E-state index in [4.69, 9.17) is 15.7 Å². The van der Waals surface area contributed by atoms with Crippen molar-refractivity contribution in [2.24, 2.45) is 0 Å². The molecule has 0 spiro atoms. The first-order chi connectivity index (χ1) is 10.2. The minimum atomic E-state index is 0.358. The van der Waals surface area contributed by atoms with Crippen LogP contribution in [0.3, 0.4) is 0 Å². The molecule has 3 aromatic rings. The van der Waals surface area contributed by atoms with Gasteiger partial charge in [-0.2, -0.15) is 5.26 Å². The highest BCUT2D eigenvalue weighted by atomic mass is 16.5. The molecule has 0 fully saturated rings. The number of para-hydroxylation sites is 1. The Kier molecular flexibility index (Phi) is 3.20. The predicted molar refractivity (Wildman–Crippen MR) is 81.4 cm³/mol. The molecule has 0 saturated carbocycles. The molecule has 0 aliphatic heterocycles. The first-order valence-electron chi connectivity index (χ1n) is 6.65. The van der Waals surface area contributed by atoms with E-state index >= 15 is 0 Å². The summed E-state index contributed by atoms with van der Waals surface area (Å²) in [5.41, 5.74) is 8.85. The van der Waals surface area contributed by atoms with E-state index in [1.54, 1.807) is 6.07 Å². The SMILES string of the molecule is CCOc1ccc(-n2c(N)nc3c(C#N)cccc32)cc1. The number of aromatic nitrogens is 2. The Bertz CT molecular complexity index is 828. The molecule has 0 atom stereocenters. The molecule has 0 aliphatic carbocycles. The second-order valence-electron chi connectivity index (χ2n) is 4.52. The Hall–Kier alpha value is -3.00. The third-order valence-corrected chi connectivity index (χ3v) is 3.24. The molecule has 1 heterocycles. The van der Waals surface area contributed by atoms with Crippen LogP contribution in [0.5, 0.6) is 5.75 Å². The smallest absolute Gasteiger partial charge is 0.205 e. The summed E-state index contributed by atoms with van der Waals surface area (Å²) in [4.78, 5) is 4.31. The molecule has 3 rings (SSSR count). The van der Waals surface area contributed by atoms with Gasteiger partial charge in [-0.15, -0.1) is 0 Å². The summed E-state index contributed by atoms with van der Waals surface area (Å²) in [6.07, 6.45) is 0. The van der Waals surface area contributed by atoms with Crippen molar-refractivity contribution < 1.29 is 4.74 Å². The summed E-state index contributed by atoms with van der Waals surface area (Å²) in [6, 6.07) is 15.2. The van der Waals surface area contributed by atoms with Crippen molar-refractivity contribution in [3.63, 3.8) is 0 Å². The average Bonchev–Trinajstić information content (AvgIpc) is 2.84. The number of hydrogen-bond acceptors (Lipinski definition) is 4. The van der Waals surface area contributed by atoms with Crippen molar-refractivity contribution in [2.45, 2.75) is 6.92 Å². The van der Waals surface area contributed by atoms with Gasteiger partial charge in [0.1, 0.15) is 17.3 Å². The number of nitrogens with zero attached hydrogens (tertiary/aromatic N) is 3. The van der Waals surface area contributed by atoms with Crippen LogP contribution in [0.15, 0.2) is 42.5 Å². The molecule has 21 heavy (non-hydrogen) atoms. The van der Waals surface area contributed by atoms with Crippen molar-refractivity contribution >= 4 is 17.0 Å². The van der Waals surface area contributed by atoms with Crippen LogP contribution in [0, 0.1) is 11.3 Å². The third kappa shape index (κ3) is 2.17. The van der Waals surface area contributed by atoms with Crippen LogP contribution in [0.25, 0.3) is 16.7 Å². The second kappa shape index (κ2) is 5.17. The summed E-state index contributed by atoms with van der Waals surface area (Å²) in [6.45, 7) is 2.57. The number of rotatable bonds is 3. The lowest BCUT2D eigenvalue weighted by Gasteiger charge is -2.08. The van der Waals surface area contributed by atoms with Gasteiger partial charge in [0.25, 0.3) is 0 Å². The van der Waals surface area contributed by atoms with Gasteiger partial charge in [-0.3, -0.25) is 4.57 Å². The van der Waals surface area contributed by atoms with Crippen molar-refractivity contribution in [1.82, 2.24) is 9.55 Å². The van der Waals surface area contributed by atoms with E-state index in [9.17, 15) is 0 Å². The minimum absolute atomic E-state index is 0.358. The van der Waals surface area contributed by atoms with Gasteiger partial charge in [0.15, 0.2) is 0 Å². The van der Waals surface area contributed by atoms with Gasteiger partial charge in [-0.05, 0) is 43.3 Å². The lowest BCUT2D eigenvalue weighted by molar-refractivity contribution is 0.340. The number of fused-ring (bicyclic) bond motifs is 1. The summed E-state index contributed by atoms with van der Waals surface area (Å²) in [7, 11) is 0. The maximum Gasteiger partial charge on any atom is 0.205 e. The number of anilines is 1. The summed E-state index contributed by atoms with van der Waals surface area (Å²) in [5, 5.41) is 9.15. The van der Waals surface area contributed by atoms with E-state index in [-0.39, 0.29) is 0 Å². The molecule has 0 bridgehead atoms. The normalized spacial score (nSPS) is 10.5. The number of hydrogen-bond donors (Lipinski definition) is 1. The Morgan fingerprint density at radius 3 is 2.67 bits per heavy atom. The van der Waals surface area contributed by atoms with Crippen LogP contribution in [-0.4, -0.2) is 16.2 Å². The number of benzene rings is 2. The van der Waals surface area contributed by atoms with Gasteiger partial charge < -0.3 is 10.5 Å². The minimum Gasteiger partial charge on any atom is -0.494 e. The van der Waals surface area contributed by atoms with E-state index in [2.05, 4.69) is 11.1 Å². The third-order valence-electron chi connectivity index (χ3n) is 3.24. The zero-order chi connectivity index (χ0) is 14.8. The largest absolute Gasteiger partial charge is 0.494 e. The van der Waals surface area contributed by atoms with Crippen LogP contribution in [0.4, 0.5) is 5.95 Å². The molecule has 104 valence electrons. The highest BCUT2D eigenvalue weighted by Gasteiger charge is 2.12. The van der Waals surface area contributed by atoms with Gasteiger partial charge in [0.2, 0.25) is 5.95 Å². The molecular formula is C16H14N4O. The Balaban J connectivity index is 2.16. The fourth-order valence-electron chi connectivity index (χ4n) is 2.34. The molecular weight excluding hydrogens is 264 g/mol. The van der Waals surface area contributed by atoms with E-state index in [1.807, 2.05) is 47.9 Å². The quantitative estimate of drug-likeness (QED) is 0.799. The Labute approximate surface area is 122 Å². The molecule has 0 aliphatic rings. The standard InChI is InChI=1S/C16H14N4O/c1-2-21-13-8-6-12(7-9-13)20-14-5-3-4-11(10-17)15(14)19-16(20)18/h3-9H,2H2,1H3,(H2,18,19). The predicted octanol–water partition coefficient (Wildman–Crippen LogP) is 2.88. The molecule has 0 unspecified atom stereocenters. The first kappa shape index (κ1) is 13.0. The Morgan fingerprint density at radius 2 is 2.00 bits per heavy atom. The van der Waals surface area contributed by atoms with Crippen LogP contribution >= 0.6 is 0 Å². The molecule has 0 amide bonds. The number of nitrogen functional groups attached to an aromatic ring is 1. The molecule has 0 saturated heterocycles. The lowest BCUT2D eigenvalue weighted by Crippen LogP contribution is -2.00. The Morgan fingerprint density at radius 1 is 1.24 bits per heavy atom. The highest BCUT2D eigenvalue weighted by Crippen LogP contribution is 2.26. The van der Waals surface area contributed by atoms with Gasteiger partial charge in [0, 0.05) is 5.69 Å². The van der Waals surface area contributed by atoms with Crippen LogP contribution in [0.2, 0.25) is 0 Å². The lowest BCUT2D eigenvalue weighted by atomic mass is 10.2. The average molecular weight is 278 g/mol. The number of imidazole rings is 1. The van der Waals surface area contributed by atoms with Crippen LogP contribution in [-0.2, 0) is 0 Å². The molecule has 1 aromatic heterocycles. The molecule has 0 radical (unpaired) electrons. The van der Waals surface area contributed by atoms with Crippen LogP contribution < -0.4 is 10.5 Å². The zero-order valence-electron chi connectivity index (χ0n) is 11.6. The van der Waals surface area contributed by atoms with Gasteiger partial charge >= 0.3 is 0 Å². The van der Waals surface area contributed by atoms with Gasteiger partial charge in [-0.1, -0.05) is 6.07 Å². The second-order valence-corrected chi connectivity index (χ2v) is 4.52. The highest BCUT2D eigenvalue weighted by molar-refractivity contribution is 5.85.